The van der Waals surface area contributed by atoms with Crippen molar-refractivity contribution in [3.05, 3.63) is 80.0 Å². The Morgan fingerprint density at radius 1 is 1.28 bits per heavy atom. The Morgan fingerprint density at radius 3 is 2.76 bits per heavy atom. The van der Waals surface area contributed by atoms with Crippen molar-refractivity contribution in [2.75, 3.05) is 5.32 Å². The lowest BCUT2D eigenvalue weighted by atomic mass is 10.1. The zero-order valence-electron chi connectivity index (χ0n) is 15.2. The highest BCUT2D eigenvalue weighted by molar-refractivity contribution is 7.83. The fraction of sp³-hybridized carbons (Fsp3) is 0.158. The van der Waals surface area contributed by atoms with E-state index in [9.17, 15) is 19.1 Å². The van der Waals surface area contributed by atoms with Crippen LogP contribution in [0.2, 0.25) is 5.02 Å². The number of para-hydroxylation sites is 1. The fourth-order valence-electron chi connectivity index (χ4n) is 3.21. The van der Waals surface area contributed by atoms with Crippen molar-refractivity contribution < 1.29 is 13.9 Å². The van der Waals surface area contributed by atoms with Crippen LogP contribution in [0.5, 0.6) is 0 Å². The minimum absolute atomic E-state index is 0.0483. The molecule has 0 saturated carbocycles. The van der Waals surface area contributed by atoms with Gasteiger partial charge in [-0.2, -0.15) is 5.10 Å². The number of rotatable bonds is 4. The molecule has 1 atom stereocenters. The van der Waals surface area contributed by atoms with Crippen LogP contribution in [-0.2, 0) is 22.3 Å². The summed E-state index contributed by atoms with van der Waals surface area (Å²) in [5, 5.41) is 18.4. The van der Waals surface area contributed by atoms with Gasteiger partial charge in [-0.05, 0) is 30.7 Å². The standard InChI is InChI=1S/C19H15ClN4O4S/c1-11-4-2-3-5-16(11)23-18(13-9-29(28)10-15(13)22-23)21-19(25)12-6-7-14(20)17(8-12)24(26)27/h2-8H,9-10H2,1H3,(H,21,25). The molecule has 2 aromatic carbocycles. The summed E-state index contributed by atoms with van der Waals surface area (Å²) in [6.45, 7) is 1.93. The third-order valence-electron chi connectivity index (χ3n) is 4.65. The Hall–Kier alpha value is -3.04. The molecular weight excluding hydrogens is 416 g/mol. The van der Waals surface area contributed by atoms with Crippen LogP contribution < -0.4 is 5.32 Å². The fourth-order valence-corrected chi connectivity index (χ4v) is 4.66. The minimum atomic E-state index is -1.07. The van der Waals surface area contributed by atoms with E-state index in [0.717, 1.165) is 17.3 Å². The summed E-state index contributed by atoms with van der Waals surface area (Å²) in [4.78, 5) is 23.3. The highest BCUT2D eigenvalue weighted by atomic mass is 35.5. The number of nitro benzene ring substituents is 1. The molecule has 0 saturated heterocycles. The number of benzene rings is 2. The lowest BCUT2D eigenvalue weighted by Crippen LogP contribution is -2.17. The van der Waals surface area contributed by atoms with Crippen molar-refractivity contribution in [2.24, 2.45) is 0 Å². The van der Waals surface area contributed by atoms with E-state index in [0.29, 0.717) is 22.8 Å². The first kappa shape index (κ1) is 19.3. The molecule has 0 spiro atoms. The number of nitrogens with one attached hydrogen (secondary N) is 1. The van der Waals surface area contributed by atoms with Crippen LogP contribution in [0.4, 0.5) is 11.5 Å². The van der Waals surface area contributed by atoms with E-state index in [2.05, 4.69) is 10.4 Å². The summed E-state index contributed by atoms with van der Waals surface area (Å²) < 4.78 is 13.6. The van der Waals surface area contributed by atoms with E-state index in [-0.39, 0.29) is 22.0 Å². The number of halogens is 1. The number of carbonyl (C=O) groups excluding carboxylic acids is 1. The third-order valence-corrected chi connectivity index (χ3v) is 6.18. The molecule has 148 valence electrons. The average Bonchev–Trinajstić information content (AvgIpc) is 3.19. The number of nitrogens with zero attached hydrogens (tertiary/aromatic N) is 3. The van der Waals surface area contributed by atoms with Crippen LogP contribution in [0.15, 0.2) is 42.5 Å². The van der Waals surface area contributed by atoms with Gasteiger partial charge in [0.2, 0.25) is 0 Å². The first-order chi connectivity index (χ1) is 13.8. The Labute approximate surface area is 173 Å². The van der Waals surface area contributed by atoms with Crippen molar-refractivity contribution in [2.45, 2.75) is 18.4 Å². The highest BCUT2D eigenvalue weighted by Crippen LogP contribution is 2.33. The van der Waals surface area contributed by atoms with Crippen molar-refractivity contribution in [1.29, 1.82) is 0 Å². The zero-order chi connectivity index (χ0) is 20.7. The number of anilines is 1. The SMILES string of the molecule is Cc1ccccc1-n1nc2c(c1NC(=O)c1ccc(Cl)c([N+](=O)[O-])c1)CS(=O)C2. The molecule has 0 radical (unpaired) electrons. The zero-order valence-corrected chi connectivity index (χ0v) is 16.8. The quantitative estimate of drug-likeness (QED) is 0.501. The maximum atomic E-state index is 12.9. The largest absolute Gasteiger partial charge is 0.306 e. The van der Waals surface area contributed by atoms with Gasteiger partial charge in [0.25, 0.3) is 11.6 Å². The average molecular weight is 431 g/mol. The monoisotopic (exact) mass is 430 g/mol. The lowest BCUT2D eigenvalue weighted by Gasteiger charge is -2.13. The van der Waals surface area contributed by atoms with Gasteiger partial charge in [0, 0.05) is 28.0 Å². The summed E-state index contributed by atoms with van der Waals surface area (Å²) in [6.07, 6.45) is 0. The summed E-state index contributed by atoms with van der Waals surface area (Å²) in [5.74, 6) is 0.490. The van der Waals surface area contributed by atoms with E-state index in [4.69, 9.17) is 11.6 Å². The topological polar surface area (TPSA) is 107 Å². The van der Waals surface area contributed by atoms with Crippen LogP contribution in [-0.4, -0.2) is 24.8 Å². The number of nitro groups is 1. The Morgan fingerprint density at radius 2 is 2.03 bits per heavy atom. The summed E-state index contributed by atoms with van der Waals surface area (Å²) >= 11 is 5.83. The van der Waals surface area contributed by atoms with Gasteiger partial charge in [-0.25, -0.2) is 4.68 Å². The molecule has 1 unspecified atom stereocenters. The Bertz CT molecular complexity index is 1190. The number of carbonyl (C=O) groups is 1. The summed E-state index contributed by atoms with van der Waals surface area (Å²) in [7, 11) is -1.07. The number of fused-ring (bicyclic) bond motifs is 1. The number of aryl methyl sites for hydroxylation is 1. The summed E-state index contributed by atoms with van der Waals surface area (Å²) in [6, 6.07) is 11.4. The van der Waals surface area contributed by atoms with Gasteiger partial charge in [0.05, 0.1) is 27.8 Å². The molecule has 1 amide bonds. The van der Waals surface area contributed by atoms with Gasteiger partial charge in [-0.1, -0.05) is 29.8 Å². The number of amides is 1. The first-order valence-electron chi connectivity index (χ1n) is 8.62. The van der Waals surface area contributed by atoms with Crippen molar-refractivity contribution in [3.8, 4) is 5.69 Å². The van der Waals surface area contributed by atoms with Crippen LogP contribution >= 0.6 is 11.6 Å². The molecule has 1 N–H and O–H groups in total. The van der Waals surface area contributed by atoms with E-state index < -0.39 is 21.6 Å². The molecule has 0 fully saturated rings. The molecule has 4 rings (SSSR count). The van der Waals surface area contributed by atoms with Gasteiger partial charge >= 0.3 is 0 Å². The van der Waals surface area contributed by atoms with Crippen LogP contribution in [0, 0.1) is 17.0 Å². The number of aromatic nitrogens is 2. The molecule has 10 heteroatoms. The van der Waals surface area contributed by atoms with E-state index in [1.807, 2.05) is 31.2 Å². The van der Waals surface area contributed by atoms with E-state index in [1.54, 1.807) is 4.68 Å². The molecular formula is C19H15ClN4O4S. The van der Waals surface area contributed by atoms with Gasteiger partial charge in [-0.3, -0.25) is 19.1 Å². The first-order valence-corrected chi connectivity index (χ1v) is 10.5. The molecule has 1 aliphatic rings. The molecule has 0 aliphatic carbocycles. The second-order valence-electron chi connectivity index (χ2n) is 6.58. The second kappa shape index (κ2) is 7.41. The lowest BCUT2D eigenvalue weighted by molar-refractivity contribution is -0.384. The van der Waals surface area contributed by atoms with Gasteiger partial charge in [-0.15, -0.1) is 0 Å². The second-order valence-corrected chi connectivity index (χ2v) is 8.44. The molecule has 1 aromatic heterocycles. The predicted molar refractivity (Wildman–Crippen MR) is 110 cm³/mol. The van der Waals surface area contributed by atoms with Gasteiger partial charge in [0.15, 0.2) is 0 Å². The molecule has 0 bridgehead atoms. The van der Waals surface area contributed by atoms with Crippen LogP contribution in [0.3, 0.4) is 0 Å². The Kier molecular flexibility index (Phi) is 4.93. The van der Waals surface area contributed by atoms with Crippen LogP contribution in [0.1, 0.15) is 27.2 Å². The summed E-state index contributed by atoms with van der Waals surface area (Å²) in [5.41, 5.74) is 2.86. The number of hydrogen-bond acceptors (Lipinski definition) is 5. The maximum Gasteiger partial charge on any atom is 0.288 e. The van der Waals surface area contributed by atoms with Gasteiger partial charge in [0.1, 0.15) is 10.8 Å². The normalized spacial score (nSPS) is 15.2. The predicted octanol–water partition coefficient (Wildman–Crippen LogP) is 3.76. The number of hydrogen-bond donors (Lipinski definition) is 1. The van der Waals surface area contributed by atoms with Crippen molar-refractivity contribution >= 4 is 39.8 Å². The minimum Gasteiger partial charge on any atom is -0.306 e. The van der Waals surface area contributed by atoms with Crippen LogP contribution in [0.25, 0.3) is 5.69 Å². The highest BCUT2D eigenvalue weighted by Gasteiger charge is 2.29. The van der Waals surface area contributed by atoms with Crippen molar-refractivity contribution in [1.82, 2.24) is 9.78 Å². The molecule has 8 nitrogen and oxygen atoms in total. The molecule has 29 heavy (non-hydrogen) atoms. The van der Waals surface area contributed by atoms with Crippen molar-refractivity contribution in [3.63, 3.8) is 0 Å². The smallest absolute Gasteiger partial charge is 0.288 e. The molecule has 1 aliphatic heterocycles. The molecule has 3 aromatic rings. The third kappa shape index (κ3) is 3.54. The molecule has 2 heterocycles. The van der Waals surface area contributed by atoms with E-state index >= 15 is 0 Å². The van der Waals surface area contributed by atoms with E-state index in [1.165, 1.54) is 12.1 Å². The Balaban J connectivity index is 1.76. The van der Waals surface area contributed by atoms with Gasteiger partial charge < -0.3 is 5.32 Å². The maximum absolute atomic E-state index is 12.9.